The molecule has 2 atom stereocenters. The van der Waals surface area contributed by atoms with Crippen LogP contribution in [0.4, 0.5) is 0 Å². The molecular formula is C11H22N2O4S. The molecule has 0 bridgehead atoms. The van der Waals surface area contributed by atoms with Crippen molar-refractivity contribution in [2.75, 3.05) is 32.9 Å². The second-order valence-electron chi connectivity index (χ2n) is 4.95. The Hall–Kier alpha value is -0.210. The molecule has 1 saturated heterocycles. The number of rotatable bonds is 7. The van der Waals surface area contributed by atoms with Crippen molar-refractivity contribution >= 4 is 10.0 Å². The highest BCUT2D eigenvalue weighted by molar-refractivity contribution is 7.90. The highest BCUT2D eigenvalue weighted by atomic mass is 32.2. The lowest BCUT2D eigenvalue weighted by molar-refractivity contribution is -0.0847. The van der Waals surface area contributed by atoms with Gasteiger partial charge in [-0.2, -0.15) is 0 Å². The van der Waals surface area contributed by atoms with Gasteiger partial charge in [0.05, 0.1) is 31.2 Å². The van der Waals surface area contributed by atoms with Crippen molar-refractivity contribution in [3.63, 3.8) is 0 Å². The Bertz CT molecular complexity index is 350. The molecule has 2 rings (SSSR count). The van der Waals surface area contributed by atoms with Gasteiger partial charge in [0.15, 0.2) is 0 Å². The average Bonchev–Trinajstić information content (AvgIpc) is 3.19. The van der Waals surface area contributed by atoms with Gasteiger partial charge in [-0.25, -0.2) is 13.1 Å². The van der Waals surface area contributed by atoms with Gasteiger partial charge < -0.3 is 14.8 Å². The predicted octanol–water partition coefficient (Wildman–Crippen LogP) is -0.538. The number of hydrogen-bond acceptors (Lipinski definition) is 5. The molecule has 2 fully saturated rings. The standard InChI is InChI=1S/C11H22N2O4S/c1-9(6-12-10-2-3-10)18(14,15)13-7-11-8-16-4-5-17-11/h9-13H,2-8H2,1H3. The molecule has 2 aliphatic rings. The molecule has 2 unspecified atom stereocenters. The van der Waals surface area contributed by atoms with Crippen molar-refractivity contribution in [2.24, 2.45) is 0 Å². The summed E-state index contributed by atoms with van der Waals surface area (Å²) in [6.45, 7) is 4.08. The average molecular weight is 278 g/mol. The van der Waals surface area contributed by atoms with Crippen LogP contribution in [0.25, 0.3) is 0 Å². The number of hydrogen-bond donors (Lipinski definition) is 2. The third kappa shape index (κ3) is 4.47. The Morgan fingerprint density at radius 3 is 2.72 bits per heavy atom. The Balaban J connectivity index is 1.70. The topological polar surface area (TPSA) is 76.7 Å². The van der Waals surface area contributed by atoms with E-state index in [-0.39, 0.29) is 12.6 Å². The van der Waals surface area contributed by atoms with Gasteiger partial charge in [0.2, 0.25) is 10.0 Å². The summed E-state index contributed by atoms with van der Waals surface area (Å²) >= 11 is 0. The fraction of sp³-hybridized carbons (Fsp3) is 1.00. The van der Waals surface area contributed by atoms with Crippen LogP contribution in [0.2, 0.25) is 0 Å². The normalized spacial score (nSPS) is 27.1. The van der Waals surface area contributed by atoms with Gasteiger partial charge in [-0.05, 0) is 19.8 Å². The molecule has 0 aromatic heterocycles. The van der Waals surface area contributed by atoms with E-state index in [0.717, 1.165) is 12.8 Å². The third-order valence-electron chi connectivity index (χ3n) is 3.20. The molecule has 18 heavy (non-hydrogen) atoms. The minimum atomic E-state index is -3.28. The van der Waals surface area contributed by atoms with Crippen LogP contribution in [0.1, 0.15) is 19.8 Å². The Kier molecular flexibility index (Phi) is 4.97. The first-order valence-electron chi connectivity index (χ1n) is 6.49. The van der Waals surface area contributed by atoms with E-state index in [9.17, 15) is 8.42 Å². The van der Waals surface area contributed by atoms with E-state index in [1.807, 2.05) is 0 Å². The summed E-state index contributed by atoms with van der Waals surface area (Å²) in [6.07, 6.45) is 2.15. The molecule has 0 amide bonds. The van der Waals surface area contributed by atoms with Crippen LogP contribution >= 0.6 is 0 Å². The molecule has 6 nitrogen and oxygen atoms in total. The molecule has 0 aromatic rings. The zero-order chi connectivity index (χ0) is 13.0. The van der Waals surface area contributed by atoms with Crippen molar-refractivity contribution in [1.29, 1.82) is 0 Å². The van der Waals surface area contributed by atoms with Crippen molar-refractivity contribution in [1.82, 2.24) is 10.0 Å². The monoisotopic (exact) mass is 278 g/mol. The van der Waals surface area contributed by atoms with E-state index in [2.05, 4.69) is 10.0 Å². The van der Waals surface area contributed by atoms with Gasteiger partial charge in [0.25, 0.3) is 0 Å². The predicted molar refractivity (Wildman–Crippen MR) is 68.0 cm³/mol. The maximum Gasteiger partial charge on any atom is 0.215 e. The van der Waals surface area contributed by atoms with Crippen LogP contribution < -0.4 is 10.0 Å². The Morgan fingerprint density at radius 2 is 2.11 bits per heavy atom. The van der Waals surface area contributed by atoms with Gasteiger partial charge >= 0.3 is 0 Å². The zero-order valence-electron chi connectivity index (χ0n) is 10.7. The highest BCUT2D eigenvalue weighted by Crippen LogP contribution is 2.18. The minimum Gasteiger partial charge on any atom is -0.376 e. The molecule has 0 radical (unpaired) electrons. The molecule has 1 aliphatic carbocycles. The lowest BCUT2D eigenvalue weighted by Crippen LogP contribution is -2.44. The second-order valence-corrected chi connectivity index (χ2v) is 7.14. The first-order chi connectivity index (χ1) is 8.58. The minimum absolute atomic E-state index is 0.169. The van der Waals surface area contributed by atoms with Crippen molar-refractivity contribution < 1.29 is 17.9 Å². The van der Waals surface area contributed by atoms with Crippen LogP contribution in [0.5, 0.6) is 0 Å². The second kappa shape index (κ2) is 6.29. The van der Waals surface area contributed by atoms with Gasteiger partial charge in [0.1, 0.15) is 0 Å². The number of ether oxygens (including phenoxy) is 2. The molecule has 7 heteroatoms. The molecule has 2 N–H and O–H groups in total. The van der Waals surface area contributed by atoms with Gasteiger partial charge in [-0.15, -0.1) is 0 Å². The Morgan fingerprint density at radius 1 is 1.33 bits per heavy atom. The summed E-state index contributed by atoms with van der Waals surface area (Å²) in [7, 11) is -3.28. The maximum absolute atomic E-state index is 12.0. The Labute approximate surface area is 108 Å². The first kappa shape index (κ1) is 14.2. The smallest absolute Gasteiger partial charge is 0.215 e. The van der Waals surface area contributed by atoms with E-state index in [1.165, 1.54) is 0 Å². The van der Waals surface area contributed by atoms with E-state index in [1.54, 1.807) is 6.92 Å². The van der Waals surface area contributed by atoms with Crippen molar-refractivity contribution in [3.05, 3.63) is 0 Å². The first-order valence-corrected chi connectivity index (χ1v) is 8.04. The molecule has 106 valence electrons. The van der Waals surface area contributed by atoms with E-state index in [0.29, 0.717) is 32.4 Å². The van der Waals surface area contributed by atoms with Crippen molar-refractivity contribution in [3.8, 4) is 0 Å². The maximum atomic E-state index is 12.0. The van der Waals surface area contributed by atoms with E-state index >= 15 is 0 Å². The molecule has 1 aliphatic heterocycles. The fourth-order valence-corrected chi connectivity index (χ4v) is 2.75. The molecular weight excluding hydrogens is 256 g/mol. The quantitative estimate of drug-likeness (QED) is 0.654. The third-order valence-corrected chi connectivity index (χ3v) is 4.99. The summed E-state index contributed by atoms with van der Waals surface area (Å²) in [5.74, 6) is 0. The lowest BCUT2D eigenvalue weighted by atomic mass is 10.3. The molecule has 1 heterocycles. The van der Waals surface area contributed by atoms with Crippen molar-refractivity contribution in [2.45, 2.75) is 37.2 Å². The molecule has 1 saturated carbocycles. The van der Waals surface area contributed by atoms with Crippen LogP contribution in [0.3, 0.4) is 0 Å². The fourth-order valence-electron chi connectivity index (χ4n) is 1.74. The SMILES string of the molecule is CC(CNC1CC1)S(=O)(=O)NCC1COCCO1. The summed E-state index contributed by atoms with van der Waals surface area (Å²) in [5, 5.41) is 2.80. The number of sulfonamides is 1. The lowest BCUT2D eigenvalue weighted by Gasteiger charge is -2.24. The van der Waals surface area contributed by atoms with Crippen LogP contribution in [0.15, 0.2) is 0 Å². The van der Waals surface area contributed by atoms with Crippen LogP contribution in [-0.2, 0) is 19.5 Å². The van der Waals surface area contributed by atoms with Crippen LogP contribution in [-0.4, -0.2) is 58.7 Å². The van der Waals surface area contributed by atoms with E-state index in [4.69, 9.17) is 9.47 Å². The highest BCUT2D eigenvalue weighted by Gasteiger charge is 2.26. The summed E-state index contributed by atoms with van der Waals surface area (Å²) < 4.78 is 37.1. The van der Waals surface area contributed by atoms with Gasteiger partial charge in [-0.1, -0.05) is 0 Å². The molecule has 0 aromatic carbocycles. The largest absolute Gasteiger partial charge is 0.376 e. The summed E-state index contributed by atoms with van der Waals surface area (Å²) in [6, 6.07) is 0.526. The summed E-state index contributed by atoms with van der Waals surface area (Å²) in [4.78, 5) is 0. The zero-order valence-corrected chi connectivity index (χ0v) is 11.5. The number of nitrogens with one attached hydrogen (secondary N) is 2. The molecule has 0 spiro atoms. The van der Waals surface area contributed by atoms with E-state index < -0.39 is 15.3 Å². The van der Waals surface area contributed by atoms with Gasteiger partial charge in [0, 0.05) is 19.1 Å². The summed E-state index contributed by atoms with van der Waals surface area (Å²) in [5.41, 5.74) is 0. The van der Waals surface area contributed by atoms with Gasteiger partial charge in [-0.3, -0.25) is 0 Å². The van der Waals surface area contributed by atoms with Crippen LogP contribution in [0, 0.1) is 0 Å².